The van der Waals surface area contributed by atoms with Gasteiger partial charge >= 0.3 is 5.97 Å². The van der Waals surface area contributed by atoms with E-state index in [-0.39, 0.29) is 13.0 Å². The molecule has 0 bridgehead atoms. The largest absolute Gasteiger partial charge is 0.480 e. The number of carboxylic acids is 1. The quantitative estimate of drug-likeness (QED) is 0.322. The molecule has 0 spiro atoms. The van der Waals surface area contributed by atoms with E-state index in [1.165, 1.54) is 0 Å². The number of rotatable bonds is 5. The fraction of sp³-hybridized carbons (Fsp3) is 0.833. The molecule has 0 heterocycles. The van der Waals surface area contributed by atoms with Gasteiger partial charge in [-0.1, -0.05) is 0 Å². The van der Waals surface area contributed by atoms with Gasteiger partial charge in [0.25, 0.3) is 0 Å². The Morgan fingerprint density at radius 3 is 2.33 bits per heavy atom. The van der Waals surface area contributed by atoms with Gasteiger partial charge in [-0.3, -0.25) is 0 Å². The molecule has 12 heavy (non-hydrogen) atoms. The summed E-state index contributed by atoms with van der Waals surface area (Å²) >= 11 is 7.36. The third-order valence-electron chi connectivity index (χ3n) is 1.42. The van der Waals surface area contributed by atoms with E-state index in [1.54, 1.807) is 0 Å². The molecule has 0 radical (unpaired) electrons. The van der Waals surface area contributed by atoms with Crippen molar-refractivity contribution >= 4 is 31.2 Å². The van der Waals surface area contributed by atoms with Crippen molar-refractivity contribution in [3.63, 3.8) is 0 Å². The third kappa shape index (κ3) is 3.22. The molecule has 72 valence electrons. The van der Waals surface area contributed by atoms with Crippen molar-refractivity contribution in [1.29, 1.82) is 0 Å². The van der Waals surface area contributed by atoms with E-state index in [1.807, 2.05) is 0 Å². The van der Waals surface area contributed by atoms with Gasteiger partial charge in [-0.2, -0.15) is 0 Å². The maximum atomic E-state index is 10.5. The standard InChI is InChI=1S/C6H12O4S2/c7-3-1-2-4(8)6(11,12)5(9)10/h4,7-8,11-12H,1-3H2,(H,9,10). The van der Waals surface area contributed by atoms with Gasteiger partial charge in [0.1, 0.15) is 0 Å². The summed E-state index contributed by atoms with van der Waals surface area (Å²) in [6, 6.07) is 0. The van der Waals surface area contributed by atoms with Crippen LogP contribution in [0.4, 0.5) is 0 Å². The highest BCUT2D eigenvalue weighted by Crippen LogP contribution is 2.27. The lowest BCUT2D eigenvalue weighted by Crippen LogP contribution is -2.39. The molecular weight excluding hydrogens is 200 g/mol. The van der Waals surface area contributed by atoms with Crippen LogP contribution < -0.4 is 0 Å². The van der Waals surface area contributed by atoms with Gasteiger partial charge in [-0.15, -0.1) is 25.3 Å². The summed E-state index contributed by atoms with van der Waals surface area (Å²) in [6.45, 7) is -0.0890. The van der Waals surface area contributed by atoms with E-state index in [0.717, 1.165) is 0 Å². The molecule has 0 saturated heterocycles. The topological polar surface area (TPSA) is 77.8 Å². The van der Waals surface area contributed by atoms with E-state index in [4.69, 9.17) is 10.2 Å². The van der Waals surface area contributed by atoms with Crippen LogP contribution in [-0.4, -0.2) is 38.1 Å². The van der Waals surface area contributed by atoms with Crippen molar-refractivity contribution in [2.24, 2.45) is 0 Å². The molecule has 0 aromatic heterocycles. The van der Waals surface area contributed by atoms with Gasteiger partial charge in [0.05, 0.1) is 6.10 Å². The molecule has 0 aliphatic rings. The number of hydrogen-bond acceptors (Lipinski definition) is 5. The smallest absolute Gasteiger partial charge is 0.332 e. The van der Waals surface area contributed by atoms with Crippen LogP contribution in [-0.2, 0) is 4.79 Å². The molecule has 0 aliphatic carbocycles. The van der Waals surface area contributed by atoms with Crippen molar-refractivity contribution in [2.45, 2.75) is 23.0 Å². The third-order valence-corrected chi connectivity index (χ3v) is 2.39. The first-order chi connectivity index (χ1) is 5.42. The Morgan fingerprint density at radius 2 is 2.00 bits per heavy atom. The van der Waals surface area contributed by atoms with Crippen molar-refractivity contribution in [3.8, 4) is 0 Å². The first-order valence-electron chi connectivity index (χ1n) is 3.40. The number of aliphatic hydroxyl groups excluding tert-OH is 2. The molecule has 0 rings (SSSR count). The van der Waals surface area contributed by atoms with Crippen LogP contribution in [0.1, 0.15) is 12.8 Å². The average molecular weight is 212 g/mol. The summed E-state index contributed by atoms with van der Waals surface area (Å²) in [4.78, 5) is 10.5. The van der Waals surface area contributed by atoms with Crippen LogP contribution in [0.25, 0.3) is 0 Å². The van der Waals surface area contributed by atoms with Crippen LogP contribution in [0, 0.1) is 0 Å². The summed E-state index contributed by atoms with van der Waals surface area (Å²) in [6.07, 6.45) is -0.679. The molecule has 1 atom stereocenters. The lowest BCUT2D eigenvalue weighted by molar-refractivity contribution is -0.139. The van der Waals surface area contributed by atoms with Gasteiger partial charge < -0.3 is 15.3 Å². The first kappa shape index (κ1) is 12.1. The summed E-state index contributed by atoms with van der Waals surface area (Å²) in [7, 11) is 0. The SMILES string of the molecule is O=C(O)C(S)(S)C(O)CCCO. The van der Waals surface area contributed by atoms with Crippen LogP contribution in [0.15, 0.2) is 0 Å². The summed E-state index contributed by atoms with van der Waals surface area (Å²) in [5, 5.41) is 26.2. The summed E-state index contributed by atoms with van der Waals surface area (Å²) in [5.41, 5.74) is 0. The van der Waals surface area contributed by atoms with Crippen LogP contribution in [0.5, 0.6) is 0 Å². The zero-order valence-corrected chi connectivity index (χ0v) is 8.13. The van der Waals surface area contributed by atoms with E-state index in [2.05, 4.69) is 25.3 Å². The highest BCUT2D eigenvalue weighted by Gasteiger charge is 2.37. The minimum Gasteiger partial charge on any atom is -0.480 e. The number of aliphatic hydroxyl groups is 2. The molecule has 0 saturated carbocycles. The second-order valence-corrected chi connectivity index (χ2v) is 4.18. The summed E-state index contributed by atoms with van der Waals surface area (Å²) in [5.74, 6) is -1.29. The van der Waals surface area contributed by atoms with Crippen molar-refractivity contribution in [1.82, 2.24) is 0 Å². The van der Waals surface area contributed by atoms with Gasteiger partial charge in [-0.25, -0.2) is 4.79 Å². The van der Waals surface area contributed by atoms with Gasteiger partial charge in [0.2, 0.25) is 0 Å². The molecule has 0 fully saturated rings. The zero-order chi connectivity index (χ0) is 9.78. The summed E-state index contributed by atoms with van der Waals surface area (Å²) < 4.78 is -1.74. The second kappa shape index (κ2) is 4.96. The number of aliphatic carboxylic acids is 1. The zero-order valence-electron chi connectivity index (χ0n) is 6.34. The van der Waals surface area contributed by atoms with Crippen molar-refractivity contribution < 1.29 is 20.1 Å². The molecule has 4 nitrogen and oxygen atoms in total. The fourth-order valence-corrected chi connectivity index (χ4v) is 0.887. The Kier molecular flexibility index (Phi) is 5.00. The Balaban J connectivity index is 4.06. The maximum absolute atomic E-state index is 10.5. The Hall–Kier alpha value is 0.0900. The number of carboxylic acid groups (broad SMARTS) is 1. The van der Waals surface area contributed by atoms with Crippen LogP contribution >= 0.6 is 25.3 Å². The second-order valence-electron chi connectivity index (χ2n) is 2.41. The van der Waals surface area contributed by atoms with E-state index < -0.39 is 16.2 Å². The molecule has 1 unspecified atom stereocenters. The molecule has 3 N–H and O–H groups in total. The molecular formula is C6H12O4S2. The molecule has 0 amide bonds. The molecule has 0 aromatic carbocycles. The van der Waals surface area contributed by atoms with Crippen molar-refractivity contribution in [2.75, 3.05) is 6.61 Å². The Bertz CT molecular complexity index is 160. The molecule has 0 aromatic rings. The van der Waals surface area contributed by atoms with E-state index >= 15 is 0 Å². The first-order valence-corrected chi connectivity index (χ1v) is 4.29. The highest BCUT2D eigenvalue weighted by atomic mass is 32.2. The Morgan fingerprint density at radius 1 is 1.50 bits per heavy atom. The molecule has 6 heteroatoms. The highest BCUT2D eigenvalue weighted by molar-refractivity contribution is 8.02. The number of hydrogen-bond donors (Lipinski definition) is 5. The number of carbonyl (C=O) groups is 1. The normalized spacial score (nSPS) is 14.3. The van der Waals surface area contributed by atoms with E-state index in [9.17, 15) is 9.90 Å². The maximum Gasteiger partial charge on any atom is 0.332 e. The van der Waals surface area contributed by atoms with Gasteiger partial charge in [0.15, 0.2) is 4.08 Å². The minimum absolute atomic E-state index is 0.0890. The van der Waals surface area contributed by atoms with Crippen LogP contribution in [0.3, 0.4) is 0 Å². The average Bonchev–Trinajstić information content (AvgIpc) is 1.99. The minimum atomic E-state index is -1.74. The predicted octanol–water partition coefficient (Wildman–Crippen LogP) is -0.240. The molecule has 0 aliphatic heterocycles. The predicted molar refractivity (Wildman–Crippen MR) is 50.7 cm³/mol. The monoisotopic (exact) mass is 212 g/mol. The van der Waals surface area contributed by atoms with Crippen molar-refractivity contribution in [3.05, 3.63) is 0 Å². The van der Waals surface area contributed by atoms with Crippen LogP contribution in [0.2, 0.25) is 0 Å². The lowest BCUT2D eigenvalue weighted by atomic mass is 10.1. The lowest BCUT2D eigenvalue weighted by Gasteiger charge is -2.23. The van der Waals surface area contributed by atoms with E-state index in [0.29, 0.717) is 6.42 Å². The fourth-order valence-electron chi connectivity index (χ4n) is 0.628. The van der Waals surface area contributed by atoms with Gasteiger partial charge in [-0.05, 0) is 12.8 Å². The number of thiol groups is 2. The van der Waals surface area contributed by atoms with Gasteiger partial charge in [0, 0.05) is 6.61 Å². The Labute approximate surface area is 81.4 Å².